The maximum atomic E-state index is 12.9. The molecule has 0 unspecified atom stereocenters. The normalized spacial score (nSPS) is 16.0. The molecule has 7 nitrogen and oxygen atoms in total. The third kappa shape index (κ3) is 5.56. The van der Waals surface area contributed by atoms with Gasteiger partial charge in [-0.15, -0.1) is 0 Å². The average molecular weight is 418 g/mol. The molecule has 2 aromatic rings. The van der Waals surface area contributed by atoms with Crippen molar-refractivity contribution >= 4 is 21.6 Å². The molecule has 0 saturated carbocycles. The van der Waals surface area contributed by atoms with E-state index in [4.69, 9.17) is 4.74 Å². The molecule has 3 rings (SSSR count). The summed E-state index contributed by atoms with van der Waals surface area (Å²) < 4.78 is 32.7. The van der Waals surface area contributed by atoms with Gasteiger partial charge in [0.05, 0.1) is 4.90 Å². The summed E-state index contributed by atoms with van der Waals surface area (Å²) in [5, 5.41) is 2.71. The van der Waals surface area contributed by atoms with E-state index in [1.807, 2.05) is 25.2 Å². The summed E-state index contributed by atoms with van der Waals surface area (Å²) in [4.78, 5) is 14.5. The van der Waals surface area contributed by atoms with Gasteiger partial charge in [0.25, 0.3) is 5.91 Å². The van der Waals surface area contributed by atoms with Crippen LogP contribution in [0.5, 0.6) is 5.75 Å². The molecule has 1 amide bonds. The zero-order valence-corrected chi connectivity index (χ0v) is 17.6. The number of carbonyl (C=O) groups excluding carboxylic acids is 1. The number of benzene rings is 2. The van der Waals surface area contributed by atoms with E-state index < -0.39 is 10.0 Å². The first kappa shape index (κ1) is 21.3. The van der Waals surface area contributed by atoms with Crippen molar-refractivity contribution in [2.24, 2.45) is 0 Å². The first-order chi connectivity index (χ1) is 13.9. The van der Waals surface area contributed by atoms with Gasteiger partial charge in [-0.2, -0.15) is 4.31 Å². The summed E-state index contributed by atoms with van der Waals surface area (Å²) in [5.41, 5.74) is 0.521. The molecule has 1 N–H and O–H groups in total. The quantitative estimate of drug-likeness (QED) is 0.749. The molecule has 1 saturated heterocycles. The van der Waals surface area contributed by atoms with Crippen molar-refractivity contribution in [1.82, 2.24) is 9.21 Å². The summed E-state index contributed by atoms with van der Waals surface area (Å²) in [5.74, 6) is 0.300. The highest BCUT2D eigenvalue weighted by atomic mass is 32.2. The topological polar surface area (TPSA) is 79.0 Å². The first-order valence-corrected chi connectivity index (χ1v) is 11.0. The molecular formula is C21H27N3O4S. The predicted molar refractivity (Wildman–Crippen MR) is 112 cm³/mol. The molecule has 29 heavy (non-hydrogen) atoms. The van der Waals surface area contributed by atoms with E-state index in [1.54, 1.807) is 31.3 Å². The maximum absolute atomic E-state index is 12.9. The molecule has 0 aliphatic carbocycles. The molecule has 1 aliphatic rings. The van der Waals surface area contributed by atoms with E-state index in [-0.39, 0.29) is 23.5 Å². The summed E-state index contributed by atoms with van der Waals surface area (Å²) in [6.45, 7) is 1.66. The van der Waals surface area contributed by atoms with Crippen molar-refractivity contribution in [3.05, 3.63) is 54.6 Å². The van der Waals surface area contributed by atoms with Crippen LogP contribution in [-0.2, 0) is 14.8 Å². The van der Waals surface area contributed by atoms with Crippen molar-refractivity contribution in [2.75, 3.05) is 39.1 Å². The largest absolute Gasteiger partial charge is 0.484 e. The van der Waals surface area contributed by atoms with Crippen LogP contribution in [0, 0.1) is 0 Å². The minimum atomic E-state index is -3.57. The highest BCUT2D eigenvalue weighted by molar-refractivity contribution is 7.89. The van der Waals surface area contributed by atoms with Crippen LogP contribution < -0.4 is 10.1 Å². The Balaban J connectivity index is 1.58. The zero-order chi connectivity index (χ0) is 20.9. The molecule has 0 bridgehead atoms. The molecular weight excluding hydrogens is 390 g/mol. The predicted octanol–water partition coefficient (Wildman–Crippen LogP) is 2.42. The van der Waals surface area contributed by atoms with Crippen molar-refractivity contribution in [1.29, 1.82) is 0 Å². The van der Waals surface area contributed by atoms with Gasteiger partial charge in [0, 0.05) is 18.8 Å². The highest BCUT2D eigenvalue weighted by Gasteiger charge is 2.30. The maximum Gasteiger partial charge on any atom is 0.262 e. The van der Waals surface area contributed by atoms with E-state index in [1.165, 1.54) is 16.4 Å². The number of amides is 1. The standard InChI is InChI=1S/C21H27N3O4S/c1-23-14-12-18(13-15-23)24(2)29(26,27)20-10-8-17(9-11-20)22-21(25)16-28-19-6-4-3-5-7-19/h3-11,18H,12-16H2,1-2H3,(H,22,25). The van der Waals surface area contributed by atoms with Gasteiger partial charge in [0.15, 0.2) is 6.61 Å². The lowest BCUT2D eigenvalue weighted by atomic mass is 10.1. The number of ether oxygens (including phenoxy) is 1. The molecule has 8 heteroatoms. The minimum Gasteiger partial charge on any atom is -0.484 e. The Morgan fingerprint density at radius 1 is 1.10 bits per heavy atom. The molecule has 0 aromatic heterocycles. The van der Waals surface area contributed by atoms with E-state index in [0.29, 0.717) is 11.4 Å². The number of nitrogens with zero attached hydrogens (tertiary/aromatic N) is 2. The number of carbonyl (C=O) groups is 1. The molecule has 0 radical (unpaired) electrons. The number of hydrogen-bond acceptors (Lipinski definition) is 5. The van der Waals surface area contributed by atoms with Crippen LogP contribution >= 0.6 is 0 Å². The van der Waals surface area contributed by atoms with Gasteiger partial charge in [-0.3, -0.25) is 4.79 Å². The highest BCUT2D eigenvalue weighted by Crippen LogP contribution is 2.23. The first-order valence-electron chi connectivity index (χ1n) is 9.60. The van der Waals surface area contributed by atoms with Crippen LogP contribution in [0.1, 0.15) is 12.8 Å². The number of rotatable bonds is 7. The van der Waals surface area contributed by atoms with E-state index in [2.05, 4.69) is 10.2 Å². The Morgan fingerprint density at radius 3 is 2.34 bits per heavy atom. The van der Waals surface area contributed by atoms with Gasteiger partial charge < -0.3 is 15.0 Å². The molecule has 1 fully saturated rings. The van der Waals surface area contributed by atoms with Crippen molar-refractivity contribution < 1.29 is 17.9 Å². The van der Waals surface area contributed by atoms with Crippen LogP contribution in [0.3, 0.4) is 0 Å². The van der Waals surface area contributed by atoms with Crippen molar-refractivity contribution in [2.45, 2.75) is 23.8 Å². The fourth-order valence-electron chi connectivity index (χ4n) is 3.29. The second-order valence-electron chi connectivity index (χ2n) is 7.23. The average Bonchev–Trinajstić information content (AvgIpc) is 2.73. The number of nitrogens with one attached hydrogen (secondary N) is 1. The van der Waals surface area contributed by atoms with Gasteiger partial charge in [-0.1, -0.05) is 18.2 Å². The molecule has 2 aromatic carbocycles. The van der Waals surface area contributed by atoms with Crippen LogP contribution in [0.15, 0.2) is 59.5 Å². The van der Waals surface area contributed by atoms with Crippen molar-refractivity contribution in [3.63, 3.8) is 0 Å². The SMILES string of the molecule is CN1CCC(N(C)S(=O)(=O)c2ccc(NC(=O)COc3ccccc3)cc2)CC1. The fraction of sp³-hybridized carbons (Fsp3) is 0.381. The number of piperidine rings is 1. The Bertz CT molecular complexity index is 909. The smallest absolute Gasteiger partial charge is 0.262 e. The summed E-state index contributed by atoms with van der Waals surface area (Å²) in [6.07, 6.45) is 1.64. The van der Waals surface area contributed by atoms with Gasteiger partial charge >= 0.3 is 0 Å². The second kappa shape index (κ2) is 9.39. The van der Waals surface area contributed by atoms with E-state index in [9.17, 15) is 13.2 Å². The van der Waals surface area contributed by atoms with Gasteiger partial charge in [0.2, 0.25) is 10.0 Å². The van der Waals surface area contributed by atoms with Gasteiger partial charge in [-0.05, 0) is 69.4 Å². The Labute approximate surface area is 172 Å². The van der Waals surface area contributed by atoms with E-state index in [0.717, 1.165) is 25.9 Å². The number of likely N-dealkylation sites (tertiary alicyclic amines) is 1. The van der Waals surface area contributed by atoms with Gasteiger partial charge in [-0.25, -0.2) is 8.42 Å². The Morgan fingerprint density at radius 2 is 1.72 bits per heavy atom. The Hall–Kier alpha value is -2.42. The lowest BCUT2D eigenvalue weighted by Crippen LogP contribution is -2.44. The number of para-hydroxylation sites is 1. The number of sulfonamides is 1. The zero-order valence-electron chi connectivity index (χ0n) is 16.7. The molecule has 156 valence electrons. The summed E-state index contributed by atoms with van der Waals surface area (Å²) in [7, 11) is 0.115. The molecule has 1 heterocycles. The Kier molecular flexibility index (Phi) is 6.89. The monoisotopic (exact) mass is 417 g/mol. The number of hydrogen-bond donors (Lipinski definition) is 1. The van der Waals surface area contributed by atoms with Crippen LogP contribution in [0.25, 0.3) is 0 Å². The molecule has 0 spiro atoms. The lowest BCUT2D eigenvalue weighted by Gasteiger charge is -2.34. The van der Waals surface area contributed by atoms with E-state index >= 15 is 0 Å². The van der Waals surface area contributed by atoms with Crippen LogP contribution in [0.4, 0.5) is 5.69 Å². The summed E-state index contributed by atoms with van der Waals surface area (Å²) >= 11 is 0. The summed E-state index contributed by atoms with van der Waals surface area (Å²) in [6, 6.07) is 15.3. The van der Waals surface area contributed by atoms with Crippen LogP contribution in [0.2, 0.25) is 0 Å². The third-order valence-electron chi connectivity index (χ3n) is 5.13. The number of anilines is 1. The fourth-order valence-corrected chi connectivity index (χ4v) is 4.71. The molecule has 1 aliphatic heterocycles. The van der Waals surface area contributed by atoms with Crippen LogP contribution in [-0.4, -0.2) is 63.4 Å². The van der Waals surface area contributed by atoms with Gasteiger partial charge in [0.1, 0.15) is 5.75 Å². The molecule has 0 atom stereocenters. The lowest BCUT2D eigenvalue weighted by molar-refractivity contribution is -0.118. The minimum absolute atomic E-state index is 0.00529. The second-order valence-corrected chi connectivity index (χ2v) is 9.23. The third-order valence-corrected chi connectivity index (χ3v) is 7.05. The van der Waals surface area contributed by atoms with Crippen molar-refractivity contribution in [3.8, 4) is 5.75 Å².